The molecule has 1 aromatic heterocycles. The number of H-pyrrole nitrogens is 1. The zero-order chi connectivity index (χ0) is 10.8. The predicted octanol–water partition coefficient (Wildman–Crippen LogP) is 2.94. The van der Waals surface area contributed by atoms with Crippen LogP contribution >= 0.6 is 0 Å². The van der Waals surface area contributed by atoms with E-state index in [1.165, 1.54) is 0 Å². The Labute approximate surface area is 88.6 Å². The highest BCUT2D eigenvalue weighted by molar-refractivity contribution is 6.13. The van der Waals surface area contributed by atoms with Crippen LogP contribution in [0.3, 0.4) is 0 Å². The first kappa shape index (κ1) is 9.65. The van der Waals surface area contributed by atoms with Gasteiger partial charge in [-0.1, -0.05) is 0 Å². The van der Waals surface area contributed by atoms with Crippen LogP contribution in [0.1, 0.15) is 12.5 Å². The average molecular weight is 199 g/mol. The van der Waals surface area contributed by atoms with Gasteiger partial charge in [0.15, 0.2) is 0 Å². The van der Waals surface area contributed by atoms with Crippen LogP contribution in [-0.4, -0.2) is 24.5 Å². The van der Waals surface area contributed by atoms with E-state index in [-0.39, 0.29) is 0 Å². The number of nitrogens with one attached hydrogen (secondary N) is 1. The second kappa shape index (κ2) is 3.69. The lowest BCUT2D eigenvalue weighted by Gasteiger charge is -2.06. The molecule has 1 N–H and O–H groups in total. The van der Waals surface area contributed by atoms with Crippen LogP contribution in [0.2, 0.25) is 0 Å². The molecular formula is C12H13N3. The number of nitrogens with zero attached hydrogens (tertiary/aromatic N) is 2. The van der Waals surface area contributed by atoms with E-state index >= 15 is 0 Å². The molecule has 3 nitrogen and oxygen atoms in total. The molecular weight excluding hydrogens is 186 g/mol. The van der Waals surface area contributed by atoms with E-state index in [0.717, 1.165) is 27.9 Å². The van der Waals surface area contributed by atoms with Crippen LogP contribution in [0.4, 0.5) is 5.69 Å². The van der Waals surface area contributed by atoms with Crippen LogP contribution in [0, 0.1) is 0 Å². The molecule has 2 rings (SSSR count). The van der Waals surface area contributed by atoms with Gasteiger partial charge in [0.05, 0.1) is 5.69 Å². The van der Waals surface area contributed by atoms with Crippen LogP contribution in [0.15, 0.2) is 34.4 Å². The molecule has 3 heteroatoms. The molecule has 0 aliphatic carbocycles. The van der Waals surface area contributed by atoms with Gasteiger partial charge in [-0.05, 0) is 31.8 Å². The first-order valence-electron chi connectivity index (χ1n) is 4.78. The molecule has 76 valence electrons. The van der Waals surface area contributed by atoms with Crippen molar-refractivity contribution < 1.29 is 0 Å². The zero-order valence-corrected chi connectivity index (χ0v) is 8.91. The van der Waals surface area contributed by atoms with Gasteiger partial charge in [0.25, 0.3) is 0 Å². The van der Waals surface area contributed by atoms with E-state index in [1.807, 2.05) is 31.3 Å². The first-order valence-corrected chi connectivity index (χ1v) is 4.78. The van der Waals surface area contributed by atoms with E-state index in [4.69, 9.17) is 0 Å². The molecule has 0 saturated carbocycles. The van der Waals surface area contributed by atoms with Gasteiger partial charge in [-0.2, -0.15) is 0 Å². The molecule has 15 heavy (non-hydrogen) atoms. The molecule has 0 aliphatic rings. The van der Waals surface area contributed by atoms with Crippen LogP contribution in [-0.2, 0) is 0 Å². The Morgan fingerprint density at radius 3 is 2.80 bits per heavy atom. The van der Waals surface area contributed by atoms with E-state index in [0.29, 0.717) is 0 Å². The summed E-state index contributed by atoms with van der Waals surface area (Å²) in [6, 6.07) is 6.00. The van der Waals surface area contributed by atoms with Crippen LogP contribution < -0.4 is 0 Å². The van der Waals surface area contributed by atoms with Gasteiger partial charge in [0, 0.05) is 35.4 Å². The van der Waals surface area contributed by atoms with Crippen molar-refractivity contribution in [2.24, 2.45) is 9.98 Å². The normalized spacial score (nSPS) is 12.0. The maximum atomic E-state index is 4.21. The molecule has 2 aromatic rings. The minimum Gasteiger partial charge on any atom is -0.361 e. The van der Waals surface area contributed by atoms with Gasteiger partial charge >= 0.3 is 0 Å². The molecule has 0 atom stereocenters. The molecule has 1 heterocycles. The summed E-state index contributed by atoms with van der Waals surface area (Å²) in [6.45, 7) is 5.57. The second-order valence-corrected chi connectivity index (χ2v) is 3.37. The highest BCUT2D eigenvalue weighted by atomic mass is 14.7. The van der Waals surface area contributed by atoms with Gasteiger partial charge < -0.3 is 4.98 Å². The molecule has 0 spiro atoms. The number of aromatic nitrogens is 1. The van der Waals surface area contributed by atoms with Crippen molar-refractivity contribution in [2.75, 3.05) is 7.05 Å². The lowest BCUT2D eigenvalue weighted by Crippen LogP contribution is -1.95. The molecule has 0 bridgehead atoms. The van der Waals surface area contributed by atoms with Crippen LogP contribution in [0.25, 0.3) is 10.9 Å². The van der Waals surface area contributed by atoms with Crippen molar-refractivity contribution >= 4 is 29.0 Å². The minimum atomic E-state index is 0.880. The molecule has 0 amide bonds. The summed E-state index contributed by atoms with van der Waals surface area (Å²) in [4.78, 5) is 11.4. The number of hydrogen-bond donors (Lipinski definition) is 1. The van der Waals surface area contributed by atoms with Crippen molar-refractivity contribution in [3.05, 3.63) is 30.0 Å². The third-order valence-corrected chi connectivity index (χ3v) is 2.58. The second-order valence-electron chi connectivity index (χ2n) is 3.37. The lowest BCUT2D eigenvalue weighted by molar-refractivity contribution is 1.41. The number of aliphatic imine (C=N–C) groups is 2. The Balaban J connectivity index is 2.85. The Hall–Kier alpha value is -1.90. The third-order valence-electron chi connectivity index (χ3n) is 2.58. The van der Waals surface area contributed by atoms with Crippen molar-refractivity contribution in [1.82, 2.24) is 4.98 Å². The molecule has 0 radical (unpaired) electrons. The topological polar surface area (TPSA) is 40.5 Å². The maximum absolute atomic E-state index is 4.21. The summed E-state index contributed by atoms with van der Waals surface area (Å²) in [7, 11) is 1.79. The SMILES string of the molecule is C=Nc1ccc2[nH]ccc2c1C(C)=NC. The Morgan fingerprint density at radius 1 is 1.33 bits per heavy atom. The first-order chi connectivity index (χ1) is 7.27. The zero-order valence-electron chi connectivity index (χ0n) is 8.91. The lowest BCUT2D eigenvalue weighted by atomic mass is 10.0. The van der Waals surface area contributed by atoms with Gasteiger partial charge in [-0.25, -0.2) is 0 Å². The van der Waals surface area contributed by atoms with E-state index < -0.39 is 0 Å². The summed E-state index contributed by atoms with van der Waals surface area (Å²) in [5.74, 6) is 0. The fraction of sp³-hybridized carbons (Fsp3) is 0.167. The van der Waals surface area contributed by atoms with Gasteiger partial charge in [0.2, 0.25) is 0 Å². The number of hydrogen-bond acceptors (Lipinski definition) is 2. The van der Waals surface area contributed by atoms with Gasteiger partial charge in [0.1, 0.15) is 0 Å². The van der Waals surface area contributed by atoms with E-state index in [2.05, 4.69) is 21.7 Å². The smallest absolute Gasteiger partial charge is 0.0720 e. The summed E-state index contributed by atoms with van der Waals surface area (Å²) in [5.41, 5.74) is 4.01. The monoisotopic (exact) mass is 199 g/mol. The maximum Gasteiger partial charge on any atom is 0.0720 e. The standard InChI is InChI=1S/C12H13N3/c1-8(13-2)12-9-6-7-15-10(9)4-5-11(12)14-3/h4-7,15H,3H2,1-2H3. The summed E-state index contributed by atoms with van der Waals surface area (Å²) >= 11 is 0. The summed E-state index contributed by atoms with van der Waals surface area (Å²) in [5, 5.41) is 1.14. The molecule has 0 fully saturated rings. The Bertz CT molecular complexity index is 535. The molecule has 0 unspecified atom stereocenters. The van der Waals surface area contributed by atoms with Crippen molar-refractivity contribution in [2.45, 2.75) is 6.92 Å². The van der Waals surface area contributed by atoms with E-state index in [9.17, 15) is 0 Å². The van der Waals surface area contributed by atoms with Crippen molar-refractivity contribution in [3.8, 4) is 0 Å². The van der Waals surface area contributed by atoms with Crippen LogP contribution in [0.5, 0.6) is 0 Å². The highest BCUT2D eigenvalue weighted by Gasteiger charge is 2.09. The average Bonchev–Trinajstić information content (AvgIpc) is 2.74. The fourth-order valence-electron chi connectivity index (χ4n) is 1.75. The highest BCUT2D eigenvalue weighted by Crippen LogP contribution is 2.28. The van der Waals surface area contributed by atoms with Gasteiger partial charge in [-0.15, -0.1) is 0 Å². The fourth-order valence-corrected chi connectivity index (χ4v) is 1.75. The summed E-state index contributed by atoms with van der Waals surface area (Å²) in [6.07, 6.45) is 1.92. The van der Waals surface area contributed by atoms with Crippen molar-refractivity contribution in [3.63, 3.8) is 0 Å². The van der Waals surface area contributed by atoms with Crippen molar-refractivity contribution in [1.29, 1.82) is 0 Å². The molecule has 0 saturated heterocycles. The largest absolute Gasteiger partial charge is 0.361 e. The molecule has 0 aliphatic heterocycles. The third kappa shape index (κ3) is 1.46. The number of fused-ring (bicyclic) bond motifs is 1. The Kier molecular flexibility index (Phi) is 2.37. The van der Waals surface area contributed by atoms with Gasteiger partial charge in [-0.3, -0.25) is 9.98 Å². The quantitative estimate of drug-likeness (QED) is 0.722. The Morgan fingerprint density at radius 2 is 2.13 bits per heavy atom. The van der Waals surface area contributed by atoms with E-state index in [1.54, 1.807) is 7.05 Å². The predicted molar refractivity (Wildman–Crippen MR) is 65.6 cm³/mol. The molecule has 1 aromatic carbocycles. The number of aromatic amines is 1. The number of benzene rings is 1. The summed E-state index contributed by atoms with van der Waals surface area (Å²) < 4.78 is 0. The minimum absolute atomic E-state index is 0.880. The number of rotatable bonds is 2.